The van der Waals surface area contributed by atoms with Crippen LogP contribution < -0.4 is 10.6 Å². The number of nitrogens with one attached hydrogen (secondary N) is 2. The van der Waals surface area contributed by atoms with Gasteiger partial charge in [0.1, 0.15) is 5.69 Å². The summed E-state index contributed by atoms with van der Waals surface area (Å²) in [6, 6.07) is 3.36. The Morgan fingerprint density at radius 2 is 2.26 bits per heavy atom. The number of fused-ring (bicyclic) bond motifs is 1. The Morgan fingerprint density at radius 3 is 3.00 bits per heavy atom. The molecule has 0 radical (unpaired) electrons. The highest BCUT2D eigenvalue weighted by molar-refractivity contribution is 6.01. The Kier molecular flexibility index (Phi) is 2.85. The van der Waals surface area contributed by atoms with E-state index in [9.17, 15) is 9.59 Å². The van der Waals surface area contributed by atoms with Gasteiger partial charge in [0.15, 0.2) is 5.82 Å². The van der Waals surface area contributed by atoms with Gasteiger partial charge in [-0.3, -0.25) is 9.59 Å². The molecule has 100 valence electrons. The van der Waals surface area contributed by atoms with Gasteiger partial charge in [-0.25, -0.2) is 4.98 Å². The maximum atomic E-state index is 12.2. The molecule has 2 aliphatic rings. The zero-order chi connectivity index (χ0) is 13.4. The number of carbonyl (C=O) groups is 2. The minimum atomic E-state index is -0.0979. The van der Waals surface area contributed by atoms with E-state index in [1.807, 2.05) is 0 Å². The largest absolute Gasteiger partial charge is 0.359 e. The van der Waals surface area contributed by atoms with Crippen LogP contribution in [0, 0.1) is 5.92 Å². The summed E-state index contributed by atoms with van der Waals surface area (Å²) < 4.78 is 0. The van der Waals surface area contributed by atoms with E-state index in [0.717, 1.165) is 6.54 Å². The Balaban J connectivity index is 1.77. The van der Waals surface area contributed by atoms with Crippen LogP contribution in [-0.2, 0) is 4.79 Å². The number of hydrogen-bond acceptors (Lipinski definition) is 4. The lowest BCUT2D eigenvalue weighted by atomic mass is 10.2. The van der Waals surface area contributed by atoms with E-state index in [0.29, 0.717) is 23.1 Å². The van der Waals surface area contributed by atoms with E-state index in [1.165, 1.54) is 12.8 Å². The summed E-state index contributed by atoms with van der Waals surface area (Å²) in [6.07, 6.45) is 2.42. The van der Waals surface area contributed by atoms with Crippen LogP contribution >= 0.6 is 0 Å². The molecule has 0 spiro atoms. The summed E-state index contributed by atoms with van der Waals surface area (Å²) in [7, 11) is 1.80. The number of anilines is 2. The molecule has 0 bridgehead atoms. The summed E-state index contributed by atoms with van der Waals surface area (Å²) in [5, 5.41) is 5.61. The maximum Gasteiger partial charge on any atom is 0.272 e. The highest BCUT2D eigenvalue weighted by Gasteiger charge is 2.26. The summed E-state index contributed by atoms with van der Waals surface area (Å²) in [6.45, 7) is 0.983. The first-order valence-corrected chi connectivity index (χ1v) is 6.44. The standard InChI is InChI=1S/C13H16N4O2/c1-17(7-8-2-3-8)13(19)10-5-4-9-12(16-10)14-6-11(18)15-9/h4-5,8H,2-3,6-7H2,1H3,(H,14,16)(H,15,18). The molecule has 0 atom stereocenters. The first-order valence-electron chi connectivity index (χ1n) is 6.44. The summed E-state index contributed by atoms with van der Waals surface area (Å²) >= 11 is 0. The zero-order valence-corrected chi connectivity index (χ0v) is 10.8. The topological polar surface area (TPSA) is 74.3 Å². The van der Waals surface area contributed by atoms with Gasteiger partial charge in [0.05, 0.1) is 12.2 Å². The summed E-state index contributed by atoms with van der Waals surface area (Å²) in [5.41, 5.74) is 1.03. The van der Waals surface area contributed by atoms with Gasteiger partial charge in [-0.2, -0.15) is 0 Å². The Hall–Kier alpha value is -2.11. The third kappa shape index (κ3) is 2.52. The van der Waals surface area contributed by atoms with Crippen LogP contribution in [0.3, 0.4) is 0 Å². The second-order valence-corrected chi connectivity index (χ2v) is 5.12. The van der Waals surface area contributed by atoms with Gasteiger partial charge in [-0.05, 0) is 30.9 Å². The van der Waals surface area contributed by atoms with Crippen molar-refractivity contribution in [2.45, 2.75) is 12.8 Å². The monoisotopic (exact) mass is 260 g/mol. The molecular weight excluding hydrogens is 244 g/mol. The normalized spacial score (nSPS) is 17.2. The molecule has 2 heterocycles. The van der Waals surface area contributed by atoms with E-state index < -0.39 is 0 Å². The minimum absolute atomic E-state index is 0.0756. The fraction of sp³-hybridized carbons (Fsp3) is 0.462. The molecule has 0 aromatic carbocycles. The fourth-order valence-electron chi connectivity index (χ4n) is 2.14. The predicted molar refractivity (Wildman–Crippen MR) is 71.0 cm³/mol. The van der Waals surface area contributed by atoms with Gasteiger partial charge in [-0.15, -0.1) is 0 Å². The van der Waals surface area contributed by atoms with Crippen molar-refractivity contribution < 1.29 is 9.59 Å². The van der Waals surface area contributed by atoms with Crippen LogP contribution in [-0.4, -0.2) is 41.8 Å². The average Bonchev–Trinajstić information content (AvgIpc) is 3.21. The number of nitrogens with zero attached hydrogens (tertiary/aromatic N) is 2. The average molecular weight is 260 g/mol. The van der Waals surface area contributed by atoms with Crippen molar-refractivity contribution in [1.82, 2.24) is 9.88 Å². The molecule has 1 aromatic rings. The molecule has 3 rings (SSSR count). The van der Waals surface area contributed by atoms with Crippen LogP contribution in [0.1, 0.15) is 23.3 Å². The molecule has 0 unspecified atom stereocenters. The molecule has 2 amide bonds. The lowest BCUT2D eigenvalue weighted by molar-refractivity contribution is -0.114. The first kappa shape index (κ1) is 12.0. The minimum Gasteiger partial charge on any atom is -0.359 e. The van der Waals surface area contributed by atoms with E-state index in [-0.39, 0.29) is 18.4 Å². The number of carbonyl (C=O) groups excluding carboxylic acids is 2. The Labute approximate surface area is 111 Å². The number of amides is 2. The molecule has 19 heavy (non-hydrogen) atoms. The molecule has 2 N–H and O–H groups in total. The molecule has 1 aliphatic heterocycles. The van der Waals surface area contributed by atoms with Crippen molar-refractivity contribution in [1.29, 1.82) is 0 Å². The molecule has 6 heteroatoms. The first-order chi connectivity index (χ1) is 9.13. The number of rotatable bonds is 3. The lowest BCUT2D eigenvalue weighted by Crippen LogP contribution is -2.31. The van der Waals surface area contributed by atoms with E-state index in [4.69, 9.17) is 0 Å². The zero-order valence-electron chi connectivity index (χ0n) is 10.8. The van der Waals surface area contributed by atoms with Crippen LogP contribution in [0.5, 0.6) is 0 Å². The van der Waals surface area contributed by atoms with E-state index in [1.54, 1.807) is 24.1 Å². The van der Waals surface area contributed by atoms with Crippen LogP contribution in [0.4, 0.5) is 11.5 Å². The van der Waals surface area contributed by atoms with Crippen LogP contribution in [0.2, 0.25) is 0 Å². The van der Waals surface area contributed by atoms with Gasteiger partial charge in [0.2, 0.25) is 5.91 Å². The summed E-state index contributed by atoms with van der Waals surface area (Å²) in [5.74, 6) is 1.04. The van der Waals surface area contributed by atoms with Crippen LogP contribution in [0.25, 0.3) is 0 Å². The van der Waals surface area contributed by atoms with E-state index in [2.05, 4.69) is 15.6 Å². The van der Waals surface area contributed by atoms with Crippen molar-refractivity contribution >= 4 is 23.3 Å². The van der Waals surface area contributed by atoms with Gasteiger partial charge in [0.25, 0.3) is 5.91 Å². The van der Waals surface area contributed by atoms with Crippen molar-refractivity contribution in [2.24, 2.45) is 5.92 Å². The molecular formula is C13H16N4O2. The van der Waals surface area contributed by atoms with Crippen molar-refractivity contribution in [3.05, 3.63) is 17.8 Å². The van der Waals surface area contributed by atoms with Gasteiger partial charge in [-0.1, -0.05) is 0 Å². The van der Waals surface area contributed by atoms with Crippen molar-refractivity contribution in [2.75, 3.05) is 30.8 Å². The SMILES string of the molecule is CN(CC1CC1)C(=O)c1ccc2c(n1)NCC(=O)N2. The molecule has 1 aliphatic carbocycles. The second-order valence-electron chi connectivity index (χ2n) is 5.12. The predicted octanol–water partition coefficient (Wildman–Crippen LogP) is 0.928. The van der Waals surface area contributed by atoms with Gasteiger partial charge >= 0.3 is 0 Å². The number of pyridine rings is 1. The quantitative estimate of drug-likeness (QED) is 0.847. The van der Waals surface area contributed by atoms with Crippen LogP contribution in [0.15, 0.2) is 12.1 Å². The maximum absolute atomic E-state index is 12.2. The van der Waals surface area contributed by atoms with Crippen molar-refractivity contribution in [3.8, 4) is 0 Å². The smallest absolute Gasteiger partial charge is 0.272 e. The van der Waals surface area contributed by atoms with E-state index >= 15 is 0 Å². The fourth-order valence-corrected chi connectivity index (χ4v) is 2.14. The molecule has 6 nitrogen and oxygen atoms in total. The third-order valence-corrected chi connectivity index (χ3v) is 3.38. The van der Waals surface area contributed by atoms with Crippen molar-refractivity contribution in [3.63, 3.8) is 0 Å². The Morgan fingerprint density at radius 1 is 1.47 bits per heavy atom. The molecule has 1 aromatic heterocycles. The third-order valence-electron chi connectivity index (χ3n) is 3.38. The van der Waals surface area contributed by atoms with Gasteiger partial charge < -0.3 is 15.5 Å². The molecule has 1 fully saturated rings. The highest BCUT2D eigenvalue weighted by Crippen LogP contribution is 2.30. The van der Waals surface area contributed by atoms with Gasteiger partial charge in [0, 0.05) is 13.6 Å². The Bertz CT molecular complexity index is 539. The molecule has 1 saturated carbocycles. The number of hydrogen-bond donors (Lipinski definition) is 2. The summed E-state index contributed by atoms with van der Waals surface area (Å²) in [4.78, 5) is 29.4. The molecule has 0 saturated heterocycles. The number of aromatic nitrogens is 1. The second kappa shape index (κ2) is 4.53. The highest BCUT2D eigenvalue weighted by atomic mass is 16.2. The lowest BCUT2D eigenvalue weighted by Gasteiger charge is -2.20.